The van der Waals surface area contributed by atoms with Gasteiger partial charge in [0.1, 0.15) is 5.76 Å². The number of ether oxygens (including phenoxy) is 1. The molecule has 3 heterocycles. The van der Waals surface area contributed by atoms with Gasteiger partial charge in [0.15, 0.2) is 5.75 Å². The molecule has 6 heteroatoms. The molecule has 0 radical (unpaired) electrons. The van der Waals surface area contributed by atoms with Crippen molar-refractivity contribution in [1.29, 1.82) is 0 Å². The first-order valence-electron chi connectivity index (χ1n) is 7.15. The minimum absolute atomic E-state index is 0.123. The largest absolute Gasteiger partial charge is 0.469 e. The molecule has 0 spiro atoms. The van der Waals surface area contributed by atoms with E-state index in [-0.39, 0.29) is 24.2 Å². The summed E-state index contributed by atoms with van der Waals surface area (Å²) in [5, 5.41) is 1.19. The van der Waals surface area contributed by atoms with E-state index in [2.05, 4.69) is 0 Å². The van der Waals surface area contributed by atoms with Crippen molar-refractivity contribution in [2.45, 2.75) is 19.3 Å². The van der Waals surface area contributed by atoms with Gasteiger partial charge in [-0.3, -0.25) is 14.2 Å². The molecule has 0 saturated carbocycles. The summed E-state index contributed by atoms with van der Waals surface area (Å²) >= 11 is 6.07. The average molecular weight is 330 g/mol. The molecule has 1 unspecified atom stereocenters. The smallest absolute Gasteiger partial charge is 0.312 e. The van der Waals surface area contributed by atoms with Crippen LogP contribution in [0.3, 0.4) is 0 Å². The first-order valence-corrected chi connectivity index (χ1v) is 7.53. The molecule has 23 heavy (non-hydrogen) atoms. The van der Waals surface area contributed by atoms with Gasteiger partial charge in [0.2, 0.25) is 5.91 Å². The molecule has 116 valence electrons. The Morgan fingerprint density at radius 1 is 1.35 bits per heavy atom. The zero-order valence-corrected chi connectivity index (χ0v) is 13.0. The van der Waals surface area contributed by atoms with Crippen LogP contribution in [-0.2, 0) is 4.79 Å². The van der Waals surface area contributed by atoms with Crippen LogP contribution in [0.4, 0.5) is 0 Å². The number of furan rings is 1. The summed E-state index contributed by atoms with van der Waals surface area (Å²) in [6.07, 6.45) is 1.67. The molecule has 5 nitrogen and oxygen atoms in total. The Kier molecular flexibility index (Phi) is 3.06. The number of aromatic nitrogens is 1. The molecule has 2 aromatic heterocycles. The van der Waals surface area contributed by atoms with Crippen LogP contribution in [0.25, 0.3) is 10.9 Å². The van der Waals surface area contributed by atoms with Crippen molar-refractivity contribution < 1.29 is 18.7 Å². The molecule has 3 aromatic rings. The Bertz CT molecular complexity index is 939. The highest BCUT2D eigenvalue weighted by Gasteiger charge is 2.36. The fourth-order valence-corrected chi connectivity index (χ4v) is 3.32. The van der Waals surface area contributed by atoms with Crippen molar-refractivity contribution in [2.24, 2.45) is 0 Å². The fraction of sp³-hybridized carbons (Fsp3) is 0.176. The molecular weight excluding hydrogens is 318 g/mol. The van der Waals surface area contributed by atoms with Crippen molar-refractivity contribution in [3.63, 3.8) is 0 Å². The summed E-state index contributed by atoms with van der Waals surface area (Å²) in [6.45, 7) is 1.47. The summed E-state index contributed by atoms with van der Waals surface area (Å²) in [7, 11) is 0. The van der Waals surface area contributed by atoms with Crippen LogP contribution < -0.4 is 4.74 Å². The lowest BCUT2D eigenvalue weighted by atomic mass is 9.95. The number of hydrogen-bond acceptors (Lipinski definition) is 4. The molecular formula is C17H12ClNO4. The Morgan fingerprint density at radius 3 is 2.87 bits per heavy atom. The van der Waals surface area contributed by atoms with E-state index in [4.69, 9.17) is 20.8 Å². The lowest BCUT2D eigenvalue weighted by Gasteiger charge is -2.22. The molecule has 1 aromatic carbocycles. The molecule has 1 atom stereocenters. The normalized spacial score (nSPS) is 17.1. The molecule has 0 amide bonds. The first kappa shape index (κ1) is 14.1. The summed E-state index contributed by atoms with van der Waals surface area (Å²) in [5.74, 6) is 0.143. The summed E-state index contributed by atoms with van der Waals surface area (Å²) in [4.78, 5) is 24.3. The van der Waals surface area contributed by atoms with Crippen LogP contribution in [0.1, 0.15) is 35.5 Å². The molecule has 0 aliphatic carbocycles. The van der Waals surface area contributed by atoms with Crippen LogP contribution in [0.15, 0.2) is 41.0 Å². The Labute approximate surface area is 136 Å². The number of rotatable bonds is 1. The summed E-state index contributed by atoms with van der Waals surface area (Å²) < 4.78 is 12.5. The molecule has 1 aliphatic heterocycles. The molecule has 0 saturated heterocycles. The van der Waals surface area contributed by atoms with Gasteiger partial charge in [-0.15, -0.1) is 0 Å². The minimum atomic E-state index is -0.365. The lowest BCUT2D eigenvalue weighted by molar-refractivity contribution is -0.135. The quantitative estimate of drug-likeness (QED) is 0.633. The molecule has 1 aliphatic rings. The van der Waals surface area contributed by atoms with Crippen molar-refractivity contribution >= 4 is 34.4 Å². The number of carbonyl (C=O) groups is 2. The maximum atomic E-state index is 12.2. The number of benzene rings is 1. The maximum absolute atomic E-state index is 12.2. The first-order chi connectivity index (χ1) is 11.1. The van der Waals surface area contributed by atoms with E-state index in [1.54, 1.807) is 41.2 Å². The van der Waals surface area contributed by atoms with Gasteiger partial charge in [0, 0.05) is 17.3 Å². The van der Waals surface area contributed by atoms with E-state index in [1.807, 2.05) is 0 Å². The van der Waals surface area contributed by atoms with Gasteiger partial charge in [-0.05, 0) is 30.3 Å². The van der Waals surface area contributed by atoms with Crippen molar-refractivity contribution in [1.82, 2.24) is 4.57 Å². The number of fused-ring (bicyclic) bond motifs is 3. The third-order valence-corrected chi connectivity index (χ3v) is 4.27. The molecule has 0 bridgehead atoms. The predicted octanol–water partition coefficient (Wildman–Crippen LogP) is 3.99. The number of halogens is 1. The average Bonchev–Trinajstić information content (AvgIpc) is 3.11. The van der Waals surface area contributed by atoms with Crippen LogP contribution >= 0.6 is 11.6 Å². The minimum Gasteiger partial charge on any atom is -0.469 e. The summed E-state index contributed by atoms with van der Waals surface area (Å²) in [5.41, 5.74) is 1.26. The highest BCUT2D eigenvalue weighted by Crippen LogP contribution is 2.45. The van der Waals surface area contributed by atoms with E-state index in [0.29, 0.717) is 33.1 Å². The van der Waals surface area contributed by atoms with Crippen molar-refractivity contribution in [3.8, 4) is 5.75 Å². The van der Waals surface area contributed by atoms with Crippen LogP contribution in [0.5, 0.6) is 5.75 Å². The maximum Gasteiger partial charge on any atom is 0.312 e. The third kappa shape index (κ3) is 2.08. The monoisotopic (exact) mass is 329 g/mol. The number of hydrogen-bond donors (Lipinski definition) is 0. The zero-order valence-electron chi connectivity index (χ0n) is 12.2. The number of nitrogens with zero attached hydrogens (tertiary/aromatic N) is 1. The second kappa shape index (κ2) is 4.99. The second-order valence-electron chi connectivity index (χ2n) is 5.48. The zero-order chi connectivity index (χ0) is 16.1. The predicted molar refractivity (Wildman–Crippen MR) is 84.1 cm³/mol. The van der Waals surface area contributed by atoms with E-state index in [1.165, 1.54) is 6.92 Å². The van der Waals surface area contributed by atoms with Crippen molar-refractivity contribution in [3.05, 3.63) is 53.1 Å². The topological polar surface area (TPSA) is 61.4 Å². The fourth-order valence-electron chi connectivity index (χ4n) is 3.16. The summed E-state index contributed by atoms with van der Waals surface area (Å²) in [6, 6.07) is 8.71. The Balaban J connectivity index is 2.09. The van der Waals surface area contributed by atoms with Crippen LogP contribution in [0, 0.1) is 0 Å². The van der Waals surface area contributed by atoms with E-state index in [0.717, 1.165) is 0 Å². The third-order valence-electron chi connectivity index (χ3n) is 4.04. The number of esters is 1. The standard InChI is InChI=1S/C17H12ClNO4/c1-9(20)19-13-7-10(18)4-5-11(13)17-16(19)12(8-15(21)23-17)14-3-2-6-22-14/h2-7,12H,8H2,1H3. The van der Waals surface area contributed by atoms with Crippen LogP contribution in [0.2, 0.25) is 5.02 Å². The van der Waals surface area contributed by atoms with Crippen LogP contribution in [-0.4, -0.2) is 16.4 Å². The van der Waals surface area contributed by atoms with Gasteiger partial charge in [0.05, 0.1) is 29.8 Å². The lowest BCUT2D eigenvalue weighted by Crippen LogP contribution is -2.24. The van der Waals surface area contributed by atoms with Crippen molar-refractivity contribution in [2.75, 3.05) is 0 Å². The Morgan fingerprint density at radius 2 is 2.17 bits per heavy atom. The molecule has 0 N–H and O–H groups in total. The molecule has 4 rings (SSSR count). The highest BCUT2D eigenvalue weighted by molar-refractivity contribution is 6.31. The van der Waals surface area contributed by atoms with Gasteiger partial charge >= 0.3 is 5.97 Å². The van der Waals surface area contributed by atoms with E-state index < -0.39 is 0 Å². The molecule has 0 fully saturated rings. The van der Waals surface area contributed by atoms with Gasteiger partial charge in [-0.25, -0.2) is 0 Å². The van der Waals surface area contributed by atoms with Gasteiger partial charge in [-0.1, -0.05) is 11.6 Å². The van der Waals surface area contributed by atoms with Gasteiger partial charge in [-0.2, -0.15) is 0 Å². The number of carbonyl (C=O) groups excluding carboxylic acids is 2. The second-order valence-corrected chi connectivity index (χ2v) is 5.91. The van der Waals surface area contributed by atoms with Gasteiger partial charge in [0.25, 0.3) is 0 Å². The SMILES string of the molecule is CC(=O)n1c2c(c3ccc(Cl)cc31)OC(=O)CC2c1ccco1. The van der Waals surface area contributed by atoms with E-state index in [9.17, 15) is 9.59 Å². The van der Waals surface area contributed by atoms with Gasteiger partial charge < -0.3 is 9.15 Å². The highest BCUT2D eigenvalue weighted by atomic mass is 35.5. The Hall–Kier alpha value is -2.53. The van der Waals surface area contributed by atoms with E-state index >= 15 is 0 Å².